The van der Waals surface area contributed by atoms with Crippen molar-refractivity contribution in [3.05, 3.63) is 46.7 Å². The summed E-state index contributed by atoms with van der Waals surface area (Å²) in [6.45, 7) is 3.86. The standard InChI is InChI=1S/C20H24N4O3S/c25-18(9-15-2-5-21-6-3-15)24-11-16-10-23(12-17-22-7-8-28-17)13-20(16,14-24)4-1-19(26)27/h2-3,5-8,16H,1,4,9-14H2,(H,26,27). The van der Waals surface area contributed by atoms with E-state index in [9.17, 15) is 14.7 Å². The predicted molar refractivity (Wildman–Crippen MR) is 105 cm³/mol. The Labute approximate surface area is 168 Å². The van der Waals surface area contributed by atoms with Gasteiger partial charge in [-0.2, -0.15) is 0 Å². The normalized spacial score (nSPS) is 24.4. The number of fused-ring (bicyclic) bond motifs is 1. The number of hydrogen-bond acceptors (Lipinski definition) is 6. The third-order valence-corrected chi connectivity index (χ3v) is 6.73. The molecule has 2 saturated heterocycles. The topological polar surface area (TPSA) is 86.6 Å². The van der Waals surface area contributed by atoms with E-state index in [4.69, 9.17) is 0 Å². The highest BCUT2D eigenvalue weighted by molar-refractivity contribution is 7.09. The van der Waals surface area contributed by atoms with E-state index >= 15 is 0 Å². The van der Waals surface area contributed by atoms with Crippen LogP contribution in [0.3, 0.4) is 0 Å². The Morgan fingerprint density at radius 2 is 2.04 bits per heavy atom. The van der Waals surface area contributed by atoms with Gasteiger partial charge >= 0.3 is 5.97 Å². The van der Waals surface area contributed by atoms with E-state index in [1.165, 1.54) is 0 Å². The molecule has 4 heterocycles. The Bertz CT molecular complexity index is 829. The van der Waals surface area contributed by atoms with E-state index in [1.807, 2.05) is 28.6 Å². The largest absolute Gasteiger partial charge is 0.481 e. The molecule has 2 aliphatic rings. The van der Waals surface area contributed by atoms with Crippen molar-refractivity contribution >= 4 is 23.2 Å². The van der Waals surface area contributed by atoms with Crippen LogP contribution in [0.2, 0.25) is 0 Å². The summed E-state index contributed by atoms with van der Waals surface area (Å²) in [7, 11) is 0. The molecule has 2 aliphatic heterocycles. The van der Waals surface area contributed by atoms with Crippen LogP contribution in [0.15, 0.2) is 36.1 Å². The van der Waals surface area contributed by atoms with Gasteiger partial charge in [0.15, 0.2) is 0 Å². The van der Waals surface area contributed by atoms with Gasteiger partial charge in [-0.05, 0) is 30.0 Å². The molecule has 4 rings (SSSR count). The smallest absolute Gasteiger partial charge is 0.303 e. The van der Waals surface area contributed by atoms with Gasteiger partial charge in [-0.3, -0.25) is 19.5 Å². The molecule has 148 valence electrons. The number of rotatable bonds is 7. The maximum atomic E-state index is 12.8. The van der Waals surface area contributed by atoms with Crippen molar-refractivity contribution in [1.29, 1.82) is 0 Å². The van der Waals surface area contributed by atoms with E-state index in [1.54, 1.807) is 23.7 Å². The minimum absolute atomic E-state index is 0.113. The molecule has 8 heteroatoms. The lowest BCUT2D eigenvalue weighted by Gasteiger charge is -2.29. The molecular weight excluding hydrogens is 376 g/mol. The van der Waals surface area contributed by atoms with E-state index in [0.717, 1.165) is 30.2 Å². The number of thiazole rings is 1. The van der Waals surface area contributed by atoms with Crippen LogP contribution in [0, 0.1) is 11.3 Å². The van der Waals surface area contributed by atoms with Crippen molar-refractivity contribution in [2.45, 2.75) is 25.8 Å². The van der Waals surface area contributed by atoms with Crippen LogP contribution in [0.5, 0.6) is 0 Å². The number of nitrogens with zero attached hydrogens (tertiary/aromatic N) is 4. The highest BCUT2D eigenvalue weighted by Crippen LogP contribution is 2.46. The van der Waals surface area contributed by atoms with Crippen molar-refractivity contribution < 1.29 is 14.7 Å². The van der Waals surface area contributed by atoms with Crippen LogP contribution in [0.4, 0.5) is 0 Å². The van der Waals surface area contributed by atoms with Crippen molar-refractivity contribution in [1.82, 2.24) is 19.8 Å². The molecule has 2 aromatic heterocycles. The highest BCUT2D eigenvalue weighted by atomic mass is 32.1. The molecule has 0 aliphatic carbocycles. The van der Waals surface area contributed by atoms with Crippen LogP contribution in [-0.4, -0.2) is 62.9 Å². The number of likely N-dealkylation sites (tertiary alicyclic amines) is 2. The Balaban J connectivity index is 1.44. The Morgan fingerprint density at radius 3 is 2.75 bits per heavy atom. The lowest BCUT2D eigenvalue weighted by atomic mass is 9.77. The number of amides is 1. The van der Waals surface area contributed by atoms with E-state index < -0.39 is 5.97 Å². The van der Waals surface area contributed by atoms with Gasteiger partial charge in [-0.25, -0.2) is 4.98 Å². The number of carboxylic acid groups (broad SMARTS) is 1. The molecular formula is C20H24N4O3S. The van der Waals surface area contributed by atoms with Gasteiger partial charge in [0.25, 0.3) is 0 Å². The number of carboxylic acids is 1. The molecule has 2 unspecified atom stereocenters. The lowest BCUT2D eigenvalue weighted by molar-refractivity contribution is -0.137. The van der Waals surface area contributed by atoms with Gasteiger partial charge in [0.2, 0.25) is 5.91 Å². The molecule has 2 atom stereocenters. The summed E-state index contributed by atoms with van der Waals surface area (Å²) in [6.07, 6.45) is 6.34. The van der Waals surface area contributed by atoms with Gasteiger partial charge < -0.3 is 10.0 Å². The van der Waals surface area contributed by atoms with Gasteiger partial charge in [-0.15, -0.1) is 11.3 Å². The van der Waals surface area contributed by atoms with Crippen LogP contribution in [-0.2, 0) is 22.6 Å². The SMILES string of the molecule is O=C(O)CCC12CN(Cc3nccs3)CC1CN(C(=O)Cc1ccncc1)C2. The third-order valence-electron chi connectivity index (χ3n) is 5.97. The second kappa shape index (κ2) is 7.97. The molecule has 1 N–H and O–H groups in total. The first kappa shape index (κ1) is 19.0. The Hall–Kier alpha value is -2.32. The molecule has 1 amide bonds. The molecule has 0 radical (unpaired) electrons. The summed E-state index contributed by atoms with van der Waals surface area (Å²) in [6, 6.07) is 3.73. The maximum absolute atomic E-state index is 12.8. The second-order valence-corrected chi connectivity index (χ2v) is 8.83. The average Bonchev–Trinajstić information content (AvgIpc) is 3.36. The Kier molecular flexibility index (Phi) is 5.41. The fourth-order valence-electron chi connectivity index (χ4n) is 4.62. The first-order valence-electron chi connectivity index (χ1n) is 9.53. The Morgan fingerprint density at radius 1 is 1.21 bits per heavy atom. The molecule has 0 bridgehead atoms. The second-order valence-electron chi connectivity index (χ2n) is 7.85. The molecule has 0 saturated carbocycles. The number of pyridine rings is 1. The van der Waals surface area contributed by atoms with E-state index in [0.29, 0.717) is 31.8 Å². The first-order chi connectivity index (χ1) is 13.5. The fourth-order valence-corrected chi connectivity index (χ4v) is 5.28. The number of carbonyl (C=O) groups is 2. The fraction of sp³-hybridized carbons (Fsp3) is 0.500. The number of carbonyl (C=O) groups excluding carboxylic acids is 1. The zero-order valence-electron chi connectivity index (χ0n) is 15.7. The number of hydrogen-bond donors (Lipinski definition) is 1. The quantitative estimate of drug-likeness (QED) is 0.764. The third kappa shape index (κ3) is 4.07. The molecule has 7 nitrogen and oxygen atoms in total. The van der Waals surface area contributed by atoms with Crippen LogP contribution in [0.25, 0.3) is 0 Å². The van der Waals surface area contributed by atoms with Crippen LogP contribution >= 0.6 is 11.3 Å². The van der Waals surface area contributed by atoms with Gasteiger partial charge in [0.1, 0.15) is 5.01 Å². The summed E-state index contributed by atoms with van der Waals surface area (Å²) < 4.78 is 0. The zero-order valence-corrected chi connectivity index (χ0v) is 16.5. The summed E-state index contributed by atoms with van der Waals surface area (Å²) in [5.41, 5.74) is 0.825. The molecule has 0 aromatic carbocycles. The van der Waals surface area contributed by atoms with Crippen LogP contribution in [0.1, 0.15) is 23.4 Å². The molecule has 2 fully saturated rings. The van der Waals surface area contributed by atoms with Crippen molar-refractivity contribution in [2.75, 3.05) is 26.2 Å². The average molecular weight is 401 g/mol. The maximum Gasteiger partial charge on any atom is 0.303 e. The molecule has 2 aromatic rings. The summed E-state index contributed by atoms with van der Waals surface area (Å²) in [5, 5.41) is 12.3. The number of aromatic nitrogens is 2. The zero-order chi connectivity index (χ0) is 19.6. The summed E-state index contributed by atoms with van der Waals surface area (Å²) >= 11 is 1.65. The van der Waals surface area contributed by atoms with Crippen molar-refractivity contribution in [3.8, 4) is 0 Å². The lowest BCUT2D eigenvalue weighted by Crippen LogP contribution is -2.37. The van der Waals surface area contributed by atoms with Crippen molar-refractivity contribution in [3.63, 3.8) is 0 Å². The summed E-state index contributed by atoms with van der Waals surface area (Å²) in [5.74, 6) is -0.344. The van der Waals surface area contributed by atoms with E-state index in [-0.39, 0.29) is 17.7 Å². The van der Waals surface area contributed by atoms with Crippen molar-refractivity contribution in [2.24, 2.45) is 11.3 Å². The summed E-state index contributed by atoms with van der Waals surface area (Å²) in [4.78, 5) is 36.7. The van der Waals surface area contributed by atoms with Gasteiger partial charge in [0.05, 0.1) is 13.0 Å². The minimum Gasteiger partial charge on any atom is -0.481 e. The van der Waals surface area contributed by atoms with Crippen LogP contribution < -0.4 is 0 Å². The predicted octanol–water partition coefficient (Wildman–Crippen LogP) is 1.91. The monoisotopic (exact) mass is 400 g/mol. The van der Waals surface area contributed by atoms with E-state index in [2.05, 4.69) is 14.9 Å². The highest BCUT2D eigenvalue weighted by Gasteiger charge is 2.53. The number of aliphatic carboxylic acids is 1. The molecule has 0 spiro atoms. The van der Waals surface area contributed by atoms with Gasteiger partial charge in [0, 0.05) is 62.0 Å². The molecule has 28 heavy (non-hydrogen) atoms. The first-order valence-corrected chi connectivity index (χ1v) is 10.4. The van der Waals surface area contributed by atoms with Gasteiger partial charge in [-0.1, -0.05) is 0 Å². The minimum atomic E-state index is -0.770.